The molecule has 1 aromatic heterocycles. The monoisotopic (exact) mass is 990 g/mol. The van der Waals surface area contributed by atoms with Crippen molar-refractivity contribution in [3.05, 3.63) is 94.0 Å². The van der Waals surface area contributed by atoms with Gasteiger partial charge in [0.25, 0.3) is 11.8 Å². The Morgan fingerprint density at radius 2 is 1.76 bits per heavy atom. The van der Waals surface area contributed by atoms with Crippen LogP contribution in [0.25, 0.3) is 10.2 Å². The number of aryl methyl sites for hydroxylation is 1. The fraction of sp³-hybridized carbons (Fsp3) is 0.519. The lowest BCUT2D eigenvalue weighted by atomic mass is 9.71. The number of amides is 2. The zero-order chi connectivity index (χ0) is 50.1. The zero-order valence-corrected chi connectivity index (χ0v) is 43.7. The summed E-state index contributed by atoms with van der Waals surface area (Å²) in [6.07, 6.45) is 5.40. The molecular weight excluding hydrogens is 924 g/mol. The molecule has 3 heterocycles. The highest BCUT2D eigenvalue weighted by Crippen LogP contribution is 2.43. The summed E-state index contributed by atoms with van der Waals surface area (Å²) in [5.74, 6) is -3.27. The second kappa shape index (κ2) is 23.1. The summed E-state index contributed by atoms with van der Waals surface area (Å²) in [5.41, 5.74) is 2.01. The highest BCUT2D eigenvalue weighted by Gasteiger charge is 2.50. The number of ether oxygens (including phenoxy) is 4. The van der Waals surface area contributed by atoms with Crippen LogP contribution in [0.5, 0.6) is 5.75 Å². The number of nitrogens with zero attached hydrogens (tertiary/aromatic N) is 2. The largest absolute Gasteiger partial charge is 0.508 e. The van der Waals surface area contributed by atoms with Crippen molar-refractivity contribution in [1.29, 1.82) is 0 Å². The van der Waals surface area contributed by atoms with E-state index in [-0.39, 0.29) is 66.3 Å². The van der Waals surface area contributed by atoms with Crippen molar-refractivity contribution in [2.24, 2.45) is 17.3 Å². The van der Waals surface area contributed by atoms with Gasteiger partial charge in [0.15, 0.2) is 8.32 Å². The van der Waals surface area contributed by atoms with Gasteiger partial charge in [-0.2, -0.15) is 0 Å². The topological polar surface area (TPSA) is 165 Å². The van der Waals surface area contributed by atoms with Gasteiger partial charge in [0.1, 0.15) is 30.3 Å². The number of cyclic esters (lactones) is 1. The first kappa shape index (κ1) is 54.0. The van der Waals surface area contributed by atoms with Gasteiger partial charge >= 0.3 is 18.1 Å². The Morgan fingerprint density at radius 1 is 1.06 bits per heavy atom. The third kappa shape index (κ3) is 14.1. The van der Waals surface area contributed by atoms with Crippen molar-refractivity contribution in [2.45, 2.75) is 150 Å². The number of allylic oxidation sites excluding steroid dienone is 2. The number of aromatic nitrogens is 1. The fourth-order valence-corrected chi connectivity index (χ4v) is 10.6. The van der Waals surface area contributed by atoms with Gasteiger partial charge in [-0.05, 0) is 105 Å². The van der Waals surface area contributed by atoms with Crippen LogP contribution in [0.4, 0.5) is 4.79 Å². The lowest BCUT2D eigenvalue weighted by Gasteiger charge is -2.45. The molecule has 68 heavy (non-hydrogen) atoms. The van der Waals surface area contributed by atoms with Gasteiger partial charge in [-0.3, -0.25) is 28.9 Å². The van der Waals surface area contributed by atoms with Gasteiger partial charge < -0.3 is 23.4 Å². The Morgan fingerprint density at radius 3 is 2.43 bits per heavy atom. The van der Waals surface area contributed by atoms with E-state index in [2.05, 4.69) is 51.5 Å². The van der Waals surface area contributed by atoms with Gasteiger partial charge in [0.2, 0.25) is 0 Å². The van der Waals surface area contributed by atoms with Crippen molar-refractivity contribution in [3.8, 4) is 5.75 Å². The Balaban J connectivity index is 1.36. The molecule has 2 aliphatic rings. The average Bonchev–Trinajstić information content (AvgIpc) is 3.80. The number of halogens is 1. The van der Waals surface area contributed by atoms with Crippen LogP contribution in [0.1, 0.15) is 122 Å². The van der Waals surface area contributed by atoms with Crippen LogP contribution < -0.4 is 4.74 Å². The number of thiazole rings is 1. The summed E-state index contributed by atoms with van der Waals surface area (Å²) in [5, 5.41) is 0.790. The lowest BCUT2D eigenvalue weighted by molar-refractivity contribution is -0.155. The summed E-state index contributed by atoms with van der Waals surface area (Å²) < 4.78 is 31.7. The van der Waals surface area contributed by atoms with Crippen LogP contribution in [0, 0.1) is 24.2 Å². The molecule has 0 bridgehead atoms. The summed E-state index contributed by atoms with van der Waals surface area (Å²) >= 11 is 8.08. The van der Waals surface area contributed by atoms with Gasteiger partial charge in [-0.1, -0.05) is 83.0 Å². The number of Topliss-reactive ketones (excluding diaryl/α,β-unsaturated/α-hetero) is 1. The predicted octanol–water partition coefficient (Wildman–Crippen LogP) is 11.9. The molecule has 2 amide bonds. The Kier molecular flexibility index (Phi) is 18.3. The maximum atomic E-state index is 15.3. The zero-order valence-electron chi connectivity index (χ0n) is 41.1. The minimum atomic E-state index is -2.61. The number of fused-ring (bicyclic) bond motifs is 1. The van der Waals surface area contributed by atoms with Crippen molar-refractivity contribution < 1.29 is 52.1 Å². The molecule has 2 aromatic carbocycles. The van der Waals surface area contributed by atoms with Crippen molar-refractivity contribution >= 4 is 77.2 Å². The third-order valence-corrected chi connectivity index (χ3v) is 19.0. The number of hydrogen-bond acceptors (Lipinski definition) is 13. The van der Waals surface area contributed by atoms with Gasteiger partial charge in [0, 0.05) is 37.0 Å². The number of ketones is 1. The highest BCUT2D eigenvalue weighted by atomic mass is 35.5. The first-order valence-corrected chi connectivity index (χ1v) is 27.4. The number of esters is 2. The molecular formula is C52H67ClN2O11SSi. The molecule has 5 rings (SSSR count). The van der Waals surface area contributed by atoms with Crippen molar-refractivity contribution in [1.82, 2.24) is 9.88 Å². The predicted molar refractivity (Wildman–Crippen MR) is 266 cm³/mol. The maximum absolute atomic E-state index is 15.3. The molecule has 2 aliphatic heterocycles. The molecule has 368 valence electrons. The number of rotatable bonds is 13. The Bertz CT molecular complexity index is 2420. The standard InChI is InChI=1S/C52H67ClN2O11SSi/c1-12-15-37-48(65-50(61)62-31-35-20-23-41(38(53)28-35)64-46(58)18-14-27-55-44(56)25-26-45(55)57)33(3)17-13-16-32(2)19-22-40(36-21-24-42-39(29-36)54-34(4)67-42)63-47(59)30-43(52(8,9)49(37)60)66-68(10,11)51(5,6)7/h12,19-21,23-26,28-29,33,37,40,43,48H,1,13-18,22,27,30-31H2,2-11H3/b32-19+/t33-,37+,40-,43-,48-/m0/s1. The molecule has 5 atom stereocenters. The molecule has 0 spiro atoms. The lowest BCUT2D eigenvalue weighted by Crippen LogP contribution is -2.53. The average molecular weight is 992 g/mol. The molecule has 0 N–H and O–H groups in total. The van der Waals surface area contributed by atoms with Crippen molar-refractivity contribution in [3.63, 3.8) is 0 Å². The van der Waals surface area contributed by atoms with Crippen LogP contribution in [0.3, 0.4) is 0 Å². The van der Waals surface area contributed by atoms with E-state index in [1.807, 2.05) is 39.0 Å². The van der Waals surface area contributed by atoms with Gasteiger partial charge in [0.05, 0.1) is 38.7 Å². The highest BCUT2D eigenvalue weighted by molar-refractivity contribution is 7.18. The van der Waals surface area contributed by atoms with Gasteiger partial charge in [-0.15, -0.1) is 17.9 Å². The van der Waals surface area contributed by atoms with E-state index in [0.717, 1.165) is 44.1 Å². The number of imide groups is 1. The fourth-order valence-electron chi connectivity index (χ4n) is 8.14. The number of carbonyl (C=O) groups excluding carboxylic acids is 6. The number of benzene rings is 2. The minimum absolute atomic E-state index is 0.0599. The summed E-state index contributed by atoms with van der Waals surface area (Å²) in [6.45, 7) is 23.9. The maximum Gasteiger partial charge on any atom is 0.508 e. The summed E-state index contributed by atoms with van der Waals surface area (Å²) in [7, 11) is -2.61. The second-order valence-corrected chi connectivity index (χ2v) is 26.4. The second-order valence-electron chi connectivity index (χ2n) is 20.0. The normalized spacial score (nSPS) is 23.0. The molecule has 0 radical (unpaired) electrons. The van der Waals surface area contributed by atoms with Crippen LogP contribution in [-0.2, 0) is 49.2 Å². The van der Waals surface area contributed by atoms with E-state index in [0.29, 0.717) is 18.4 Å². The molecule has 13 nitrogen and oxygen atoms in total. The molecule has 0 unspecified atom stereocenters. The van der Waals surface area contributed by atoms with Crippen LogP contribution in [0.15, 0.2) is 72.9 Å². The molecule has 16 heteroatoms. The summed E-state index contributed by atoms with van der Waals surface area (Å²) in [4.78, 5) is 85.1. The van der Waals surface area contributed by atoms with Crippen LogP contribution >= 0.6 is 22.9 Å². The Hall–Kier alpha value is -4.96. The minimum Gasteiger partial charge on any atom is -0.457 e. The van der Waals surface area contributed by atoms with E-state index in [1.165, 1.54) is 24.3 Å². The van der Waals surface area contributed by atoms with Crippen LogP contribution in [-0.4, -0.2) is 72.6 Å². The third-order valence-electron chi connectivity index (χ3n) is 13.3. The first-order valence-electron chi connectivity index (χ1n) is 23.3. The SMILES string of the molecule is C=CC[C@H]1C(=O)C(C)(C)[C@@H](O[Si](C)(C)C(C)(C)C)CC(=O)O[C@H](c2ccc3sc(C)nc3c2)C/C=C(\C)CCC[C@H](C)[C@@H]1OC(=O)OCc1ccc(OC(=O)CCCN2C(=O)C=CC2=O)c(Cl)c1. The number of carbonyl (C=O) groups is 6. The van der Waals surface area contributed by atoms with Gasteiger partial charge in [-0.25, -0.2) is 9.78 Å². The Labute approximate surface area is 410 Å². The van der Waals surface area contributed by atoms with E-state index in [4.69, 9.17) is 35.0 Å². The van der Waals surface area contributed by atoms with Crippen molar-refractivity contribution in [2.75, 3.05) is 6.54 Å². The quantitative estimate of drug-likeness (QED) is 0.0524. The first-order chi connectivity index (χ1) is 31.9. The molecule has 0 fully saturated rings. The molecule has 0 aliphatic carbocycles. The molecule has 0 saturated heterocycles. The molecule has 0 saturated carbocycles. The summed E-state index contributed by atoms with van der Waals surface area (Å²) in [6, 6.07) is 10.6. The van der Waals surface area contributed by atoms with E-state index in [1.54, 1.807) is 37.3 Å². The van der Waals surface area contributed by atoms with E-state index < -0.39 is 67.9 Å². The van der Waals surface area contributed by atoms with E-state index in [9.17, 15) is 24.0 Å². The smallest absolute Gasteiger partial charge is 0.457 e. The molecule has 3 aromatic rings. The number of hydrogen-bond donors (Lipinski definition) is 0. The van der Waals surface area contributed by atoms with E-state index >= 15 is 4.79 Å². The van der Waals surface area contributed by atoms with Crippen LogP contribution in [0.2, 0.25) is 23.2 Å².